The second-order valence-electron chi connectivity index (χ2n) is 7.70. The zero-order valence-electron chi connectivity index (χ0n) is 15.2. The molecule has 8 heteroatoms. The monoisotopic (exact) mass is 384 g/mol. The van der Waals surface area contributed by atoms with Gasteiger partial charge in [-0.05, 0) is 57.4 Å². The number of amides is 1. The van der Waals surface area contributed by atoms with Gasteiger partial charge in [-0.1, -0.05) is 10.6 Å². The normalized spacial score (nSPS) is 34.2. The van der Waals surface area contributed by atoms with E-state index >= 15 is 0 Å². The maximum Gasteiger partial charge on any atom is 0.260 e. The van der Waals surface area contributed by atoms with Crippen LogP contribution in [0.3, 0.4) is 0 Å². The van der Waals surface area contributed by atoms with E-state index in [0.717, 1.165) is 31.4 Å². The summed E-state index contributed by atoms with van der Waals surface area (Å²) in [5, 5.41) is 13.7. The molecule has 0 aromatic heterocycles. The maximum absolute atomic E-state index is 12.8. The van der Waals surface area contributed by atoms with Gasteiger partial charge in [0.25, 0.3) is 5.91 Å². The summed E-state index contributed by atoms with van der Waals surface area (Å²) in [6.07, 6.45) is 5.63. The largest absolute Gasteiger partial charge is 0.598 e. The Bertz CT molecular complexity index is 676. The van der Waals surface area contributed by atoms with E-state index in [4.69, 9.17) is 0 Å². The fourth-order valence-corrected chi connectivity index (χ4v) is 5.28. The van der Waals surface area contributed by atoms with Gasteiger partial charge in [0.1, 0.15) is 21.9 Å². The number of allylic oxidation sites excluding steroid dienone is 1. The molecule has 26 heavy (non-hydrogen) atoms. The highest BCUT2D eigenvalue weighted by Crippen LogP contribution is 2.40. The van der Waals surface area contributed by atoms with Gasteiger partial charge in [0.2, 0.25) is 0 Å². The van der Waals surface area contributed by atoms with Crippen LogP contribution in [0.4, 0.5) is 0 Å². The number of aliphatic hydroxyl groups is 1. The molecule has 4 atom stereocenters. The van der Waals surface area contributed by atoms with Gasteiger partial charge in [0.15, 0.2) is 5.60 Å². The average Bonchev–Trinajstić information content (AvgIpc) is 2.86. The molecular formula is C18H28N2O5S. The summed E-state index contributed by atoms with van der Waals surface area (Å²) >= 11 is 0. The third-order valence-corrected chi connectivity index (χ3v) is 7.35. The van der Waals surface area contributed by atoms with Gasteiger partial charge < -0.3 is 15.0 Å². The summed E-state index contributed by atoms with van der Waals surface area (Å²) < 4.78 is 26.2. The van der Waals surface area contributed by atoms with Crippen LogP contribution in [0.1, 0.15) is 64.7 Å². The summed E-state index contributed by atoms with van der Waals surface area (Å²) in [6, 6.07) is -0.251. The number of nitrogens with one attached hydrogen (secondary N) is 2. The van der Waals surface area contributed by atoms with Crippen LogP contribution in [0.5, 0.6) is 0 Å². The molecule has 4 unspecified atom stereocenters. The van der Waals surface area contributed by atoms with E-state index in [1.165, 1.54) is 0 Å². The number of carbonyl (C=O) groups excluding carboxylic acids is 2. The predicted octanol–water partition coefficient (Wildman–Crippen LogP) is 1.35. The number of ketones is 1. The Balaban J connectivity index is 1.67. The van der Waals surface area contributed by atoms with Crippen molar-refractivity contribution in [3.63, 3.8) is 0 Å². The van der Waals surface area contributed by atoms with Crippen molar-refractivity contribution in [3.05, 3.63) is 11.3 Å². The average molecular weight is 384 g/mol. The first kappa shape index (κ1) is 19.7. The Morgan fingerprint density at radius 2 is 2.08 bits per heavy atom. The lowest BCUT2D eigenvalue weighted by atomic mass is 9.77. The molecule has 2 aliphatic carbocycles. The summed E-state index contributed by atoms with van der Waals surface area (Å²) in [5.41, 5.74) is -0.252. The van der Waals surface area contributed by atoms with Crippen LogP contribution in [0.15, 0.2) is 11.3 Å². The molecule has 7 nitrogen and oxygen atoms in total. The lowest BCUT2D eigenvalue weighted by Crippen LogP contribution is -2.46. The van der Waals surface area contributed by atoms with Crippen molar-refractivity contribution >= 4 is 22.1 Å². The van der Waals surface area contributed by atoms with Gasteiger partial charge in [0.05, 0.1) is 6.04 Å². The summed E-state index contributed by atoms with van der Waals surface area (Å²) in [5.74, 6) is -0.948. The summed E-state index contributed by atoms with van der Waals surface area (Å²) in [4.78, 5) is 25.1. The van der Waals surface area contributed by atoms with E-state index in [9.17, 15) is 23.5 Å². The van der Waals surface area contributed by atoms with E-state index in [0.29, 0.717) is 31.3 Å². The van der Waals surface area contributed by atoms with Crippen molar-refractivity contribution in [3.8, 4) is 0 Å². The molecule has 0 radical (unpaired) electrons. The minimum atomic E-state index is -3.31. The Labute approximate surface area is 155 Å². The lowest BCUT2D eigenvalue weighted by molar-refractivity contribution is -0.140. The first-order valence-electron chi connectivity index (χ1n) is 9.54. The molecule has 1 aliphatic heterocycles. The molecule has 146 valence electrons. The topological polar surface area (TPSA) is 119 Å². The minimum absolute atomic E-state index is 0.0129. The first-order valence-corrected chi connectivity index (χ1v) is 11.2. The Morgan fingerprint density at radius 1 is 1.35 bits per heavy atom. The highest BCUT2D eigenvalue weighted by Gasteiger charge is 2.49. The number of hydrogen-bond donors (Lipinski definition) is 3. The van der Waals surface area contributed by atoms with Crippen molar-refractivity contribution in [2.75, 3.05) is 5.75 Å². The van der Waals surface area contributed by atoms with E-state index < -0.39 is 21.9 Å². The predicted molar refractivity (Wildman–Crippen MR) is 96.5 cm³/mol. The molecule has 0 saturated heterocycles. The molecule has 0 bridgehead atoms. The molecule has 1 saturated carbocycles. The third-order valence-electron chi connectivity index (χ3n) is 5.89. The SMILES string of the molecule is CC[S+](=O)([O-])NC1CCCC(C(=O)CC2(O)C(=O)NC3=C2CCCC3)C1. The van der Waals surface area contributed by atoms with Crippen molar-refractivity contribution < 1.29 is 23.5 Å². The van der Waals surface area contributed by atoms with Crippen LogP contribution in [0.25, 0.3) is 0 Å². The van der Waals surface area contributed by atoms with Crippen molar-refractivity contribution in [2.45, 2.75) is 76.4 Å². The van der Waals surface area contributed by atoms with Crippen LogP contribution < -0.4 is 10.0 Å². The quantitative estimate of drug-likeness (QED) is 0.597. The molecule has 0 aromatic carbocycles. The Kier molecular flexibility index (Phi) is 5.67. The van der Waals surface area contributed by atoms with Gasteiger partial charge in [-0.2, -0.15) is 0 Å². The minimum Gasteiger partial charge on any atom is -0.598 e. The standard InChI is InChI=1S/C18H28N2O5S/c1-2-26(24,25)20-13-7-5-6-12(10-13)16(21)11-18(23)14-8-3-4-9-15(14)19-17(18)22/h12-13,23H,2-11H2,1H3,(H2-,19,20,22,24,25). The van der Waals surface area contributed by atoms with E-state index in [2.05, 4.69) is 10.0 Å². The van der Waals surface area contributed by atoms with E-state index in [-0.39, 0.29) is 29.9 Å². The molecule has 0 spiro atoms. The van der Waals surface area contributed by atoms with Gasteiger partial charge in [-0.15, -0.1) is 4.72 Å². The first-order chi connectivity index (χ1) is 12.2. The summed E-state index contributed by atoms with van der Waals surface area (Å²) in [6.45, 7) is 1.58. The zero-order valence-corrected chi connectivity index (χ0v) is 16.0. The Morgan fingerprint density at radius 3 is 2.81 bits per heavy atom. The fourth-order valence-electron chi connectivity index (χ4n) is 4.39. The second kappa shape index (κ2) is 7.50. The number of rotatable bonds is 6. The Hall–Kier alpha value is -1.09. The van der Waals surface area contributed by atoms with Crippen molar-refractivity contribution in [2.24, 2.45) is 5.92 Å². The number of sulfonamides is 1. The summed E-state index contributed by atoms with van der Waals surface area (Å²) in [7, 11) is -3.31. The zero-order chi connectivity index (χ0) is 18.9. The third kappa shape index (κ3) is 3.93. The molecule has 1 amide bonds. The van der Waals surface area contributed by atoms with Crippen LogP contribution in [0, 0.1) is 5.92 Å². The smallest absolute Gasteiger partial charge is 0.260 e. The molecular weight excluding hydrogens is 356 g/mol. The van der Waals surface area contributed by atoms with Crippen molar-refractivity contribution in [1.82, 2.24) is 10.0 Å². The molecule has 0 aromatic rings. The molecule has 3 rings (SSSR count). The van der Waals surface area contributed by atoms with E-state index in [1.54, 1.807) is 6.92 Å². The molecule has 3 N–H and O–H groups in total. The van der Waals surface area contributed by atoms with Gasteiger partial charge in [-0.25, -0.2) is 0 Å². The lowest BCUT2D eigenvalue weighted by Gasteiger charge is -2.32. The maximum atomic E-state index is 12.8. The number of Topliss-reactive ketones (excluding diaryl/α,β-unsaturated/α-hetero) is 1. The highest BCUT2D eigenvalue weighted by atomic mass is 32.3. The van der Waals surface area contributed by atoms with Crippen LogP contribution in [-0.4, -0.2) is 38.7 Å². The van der Waals surface area contributed by atoms with Crippen molar-refractivity contribution in [1.29, 1.82) is 0 Å². The number of hydrogen-bond acceptors (Lipinski definition) is 5. The van der Waals surface area contributed by atoms with Crippen LogP contribution >= 0.6 is 0 Å². The van der Waals surface area contributed by atoms with Crippen LogP contribution in [0.2, 0.25) is 0 Å². The highest BCUT2D eigenvalue weighted by molar-refractivity contribution is 7.95. The second-order valence-corrected chi connectivity index (χ2v) is 9.75. The molecule has 3 aliphatic rings. The molecule has 1 heterocycles. The van der Waals surface area contributed by atoms with Gasteiger partial charge >= 0.3 is 0 Å². The van der Waals surface area contributed by atoms with Gasteiger partial charge in [0, 0.05) is 18.0 Å². The number of carbonyl (C=O) groups is 2. The fraction of sp³-hybridized carbons (Fsp3) is 0.778. The molecule has 1 fully saturated rings. The van der Waals surface area contributed by atoms with Gasteiger partial charge in [-0.3, -0.25) is 9.59 Å². The van der Waals surface area contributed by atoms with Crippen LogP contribution in [-0.2, 0) is 24.2 Å². The van der Waals surface area contributed by atoms with E-state index in [1.807, 2.05) is 0 Å².